The molecule has 1 aliphatic rings. The van der Waals surface area contributed by atoms with Gasteiger partial charge in [0.15, 0.2) is 0 Å². The molecule has 9 nitrogen and oxygen atoms in total. The number of halogens is 3. The molecule has 5 heterocycles. The number of aryl methyl sites for hydroxylation is 1. The van der Waals surface area contributed by atoms with Crippen LogP contribution in [-0.2, 0) is 13.5 Å². The number of aromatic nitrogens is 7. The molecular formula is C18H15ClF2N8O. The molecule has 0 saturated heterocycles. The number of carbonyl (C=O) groups excluding carboxylic acids is 1. The topological polar surface area (TPSA) is 97.0 Å². The van der Waals surface area contributed by atoms with Crippen LogP contribution in [0.15, 0.2) is 30.6 Å². The van der Waals surface area contributed by atoms with Crippen molar-refractivity contribution in [1.82, 2.24) is 39.2 Å². The van der Waals surface area contributed by atoms with Gasteiger partial charge in [0.1, 0.15) is 11.2 Å². The number of fused-ring (bicyclic) bond motifs is 2. The van der Waals surface area contributed by atoms with Gasteiger partial charge in [0.25, 0.3) is 12.3 Å². The molecule has 12 heteroatoms. The number of hydrogen-bond donors (Lipinski definition) is 1. The summed E-state index contributed by atoms with van der Waals surface area (Å²) in [7, 11) is 1.41. The molecule has 4 aromatic rings. The van der Waals surface area contributed by atoms with Crippen molar-refractivity contribution in [1.29, 1.82) is 0 Å². The monoisotopic (exact) mass is 432 g/mol. The van der Waals surface area contributed by atoms with E-state index < -0.39 is 24.2 Å². The van der Waals surface area contributed by atoms with Crippen LogP contribution in [0.2, 0.25) is 5.15 Å². The molecule has 1 atom stereocenters. The molecule has 154 valence electrons. The van der Waals surface area contributed by atoms with Gasteiger partial charge in [-0.2, -0.15) is 5.10 Å². The molecule has 0 radical (unpaired) electrons. The number of imidazole rings is 1. The first kappa shape index (κ1) is 18.7. The van der Waals surface area contributed by atoms with E-state index in [0.717, 1.165) is 15.9 Å². The maximum absolute atomic E-state index is 13.3. The molecule has 1 aliphatic heterocycles. The molecule has 0 fully saturated rings. The number of H-pyrrole nitrogens is 1. The minimum atomic E-state index is -2.87. The van der Waals surface area contributed by atoms with Crippen molar-refractivity contribution in [3.05, 3.63) is 64.5 Å². The first-order valence-corrected chi connectivity index (χ1v) is 9.48. The first-order valence-electron chi connectivity index (χ1n) is 9.10. The minimum Gasteiger partial charge on any atom is -0.348 e. The summed E-state index contributed by atoms with van der Waals surface area (Å²) in [5.74, 6) is -1.39. The number of carbonyl (C=O) groups is 1. The third kappa shape index (κ3) is 2.84. The smallest absolute Gasteiger partial charge is 0.299 e. The summed E-state index contributed by atoms with van der Waals surface area (Å²) in [6.45, 7) is 0.331. The average Bonchev–Trinajstić information content (AvgIpc) is 3.44. The van der Waals surface area contributed by atoms with Crippen LogP contribution in [0.1, 0.15) is 46.0 Å². The number of aromatic amines is 1. The summed E-state index contributed by atoms with van der Waals surface area (Å²) >= 11 is 6.24. The molecule has 30 heavy (non-hydrogen) atoms. The molecular weight excluding hydrogens is 418 g/mol. The van der Waals surface area contributed by atoms with Gasteiger partial charge in [-0.3, -0.25) is 4.79 Å². The van der Waals surface area contributed by atoms with Gasteiger partial charge in [0, 0.05) is 25.7 Å². The minimum absolute atomic E-state index is 0.170. The summed E-state index contributed by atoms with van der Waals surface area (Å²) in [5, 5.41) is 8.65. The fourth-order valence-electron chi connectivity index (χ4n) is 3.74. The predicted molar refractivity (Wildman–Crippen MR) is 101 cm³/mol. The van der Waals surface area contributed by atoms with Gasteiger partial charge in [0.2, 0.25) is 11.6 Å². The van der Waals surface area contributed by atoms with E-state index in [2.05, 4.69) is 25.1 Å². The van der Waals surface area contributed by atoms with E-state index in [4.69, 9.17) is 11.6 Å². The molecule has 0 bridgehead atoms. The van der Waals surface area contributed by atoms with E-state index in [1.807, 2.05) is 12.1 Å². The van der Waals surface area contributed by atoms with Gasteiger partial charge in [-0.15, -0.1) is 5.10 Å². The highest BCUT2D eigenvalue weighted by atomic mass is 35.5. The summed E-state index contributed by atoms with van der Waals surface area (Å²) in [5.41, 5.74) is 2.84. The molecule has 0 saturated carbocycles. The average molecular weight is 433 g/mol. The van der Waals surface area contributed by atoms with Crippen LogP contribution in [0.5, 0.6) is 0 Å². The lowest BCUT2D eigenvalue weighted by molar-refractivity contribution is 0.0669. The summed E-state index contributed by atoms with van der Waals surface area (Å²) in [4.78, 5) is 26.1. The maximum Gasteiger partial charge on any atom is 0.299 e. The van der Waals surface area contributed by atoms with Gasteiger partial charge in [0.05, 0.1) is 23.2 Å². The molecule has 1 N–H and O–H groups in total. The normalized spacial score (nSPS) is 16.4. The van der Waals surface area contributed by atoms with E-state index in [1.54, 1.807) is 23.0 Å². The van der Waals surface area contributed by atoms with Crippen molar-refractivity contribution >= 4 is 23.0 Å². The molecule has 0 aliphatic carbocycles. The highest BCUT2D eigenvalue weighted by molar-refractivity contribution is 6.29. The second-order valence-electron chi connectivity index (χ2n) is 6.89. The van der Waals surface area contributed by atoms with Crippen molar-refractivity contribution in [3.8, 4) is 0 Å². The highest BCUT2D eigenvalue weighted by Gasteiger charge is 2.38. The number of rotatable bonds is 3. The third-order valence-corrected chi connectivity index (χ3v) is 5.38. The third-order valence-electron chi connectivity index (χ3n) is 5.09. The number of amides is 1. The Labute approximate surface area is 173 Å². The van der Waals surface area contributed by atoms with Crippen molar-refractivity contribution in [2.75, 3.05) is 6.54 Å². The van der Waals surface area contributed by atoms with Crippen molar-refractivity contribution in [2.24, 2.45) is 7.05 Å². The Hall–Kier alpha value is -3.34. The van der Waals surface area contributed by atoms with Gasteiger partial charge < -0.3 is 9.88 Å². The zero-order valence-corrected chi connectivity index (χ0v) is 16.4. The predicted octanol–water partition coefficient (Wildman–Crippen LogP) is 2.56. The second kappa shape index (κ2) is 6.87. The van der Waals surface area contributed by atoms with E-state index in [9.17, 15) is 13.6 Å². The fraction of sp³-hybridized carbons (Fsp3) is 0.278. The lowest BCUT2D eigenvalue weighted by atomic mass is 9.99. The fourth-order valence-corrected chi connectivity index (χ4v) is 3.95. The Balaban J connectivity index is 1.62. The largest absolute Gasteiger partial charge is 0.348 e. The van der Waals surface area contributed by atoms with Crippen LogP contribution in [0.4, 0.5) is 8.78 Å². The van der Waals surface area contributed by atoms with Crippen LogP contribution in [0, 0.1) is 0 Å². The summed E-state index contributed by atoms with van der Waals surface area (Å²) in [6.07, 6.45) is -0.773. The zero-order valence-electron chi connectivity index (χ0n) is 15.6. The molecule has 0 unspecified atom stereocenters. The number of pyridine rings is 1. The number of nitrogens with zero attached hydrogens (tertiary/aromatic N) is 7. The Morgan fingerprint density at radius 1 is 1.33 bits per heavy atom. The lowest BCUT2D eigenvalue weighted by Crippen LogP contribution is -2.42. The summed E-state index contributed by atoms with van der Waals surface area (Å²) < 4.78 is 28.7. The maximum atomic E-state index is 13.3. The van der Waals surface area contributed by atoms with Crippen LogP contribution < -0.4 is 0 Å². The quantitative estimate of drug-likeness (QED) is 0.502. The van der Waals surface area contributed by atoms with Crippen molar-refractivity contribution < 1.29 is 13.6 Å². The number of nitrogens with one attached hydrogen (secondary N) is 1. The Morgan fingerprint density at radius 3 is 2.90 bits per heavy atom. The second-order valence-corrected chi connectivity index (χ2v) is 7.28. The first-order chi connectivity index (χ1) is 14.4. The highest BCUT2D eigenvalue weighted by Crippen LogP contribution is 2.34. The molecule has 0 aromatic carbocycles. The molecule has 1 amide bonds. The SMILES string of the molecule is Cn1nc(C(F)F)nc1C(=O)N1CCc2[nH]cnc2[C@@H]1c1cc2cccc(Cl)n2n1. The number of alkyl halides is 2. The number of hydrogen-bond acceptors (Lipinski definition) is 5. The van der Waals surface area contributed by atoms with Crippen molar-refractivity contribution in [2.45, 2.75) is 18.9 Å². The van der Waals surface area contributed by atoms with E-state index >= 15 is 0 Å². The molecule has 4 aromatic heterocycles. The standard InChI is InChI=1S/C18H15ClF2N8O/c1-27-17(24-16(26-27)15(20)21)18(30)28-6-5-10-13(23-8-22-10)14(28)11-7-9-3-2-4-12(19)29(9)25-11/h2-4,7-8,14-15H,5-6H2,1H3,(H,22,23)/t14-/m0/s1. The molecule has 0 spiro atoms. The van der Waals surface area contributed by atoms with Gasteiger partial charge in [-0.25, -0.2) is 27.9 Å². The van der Waals surface area contributed by atoms with Gasteiger partial charge in [-0.1, -0.05) is 17.7 Å². The van der Waals surface area contributed by atoms with Gasteiger partial charge in [-0.05, 0) is 18.2 Å². The van der Waals surface area contributed by atoms with Crippen LogP contribution in [0.3, 0.4) is 0 Å². The Bertz CT molecular complexity index is 1260. The van der Waals surface area contributed by atoms with Crippen molar-refractivity contribution in [3.63, 3.8) is 0 Å². The van der Waals surface area contributed by atoms with Crippen LogP contribution in [-0.4, -0.2) is 51.7 Å². The zero-order chi connectivity index (χ0) is 21.0. The van der Waals surface area contributed by atoms with Crippen LogP contribution in [0.25, 0.3) is 5.52 Å². The van der Waals surface area contributed by atoms with Crippen LogP contribution >= 0.6 is 11.6 Å². The van der Waals surface area contributed by atoms with E-state index in [1.165, 1.54) is 11.9 Å². The Kier molecular flexibility index (Phi) is 4.28. The molecule has 5 rings (SSSR count). The van der Waals surface area contributed by atoms with E-state index in [0.29, 0.717) is 29.5 Å². The van der Waals surface area contributed by atoms with Gasteiger partial charge >= 0.3 is 0 Å². The Morgan fingerprint density at radius 2 is 2.17 bits per heavy atom. The summed E-state index contributed by atoms with van der Waals surface area (Å²) in [6, 6.07) is 6.55. The van der Waals surface area contributed by atoms with E-state index in [-0.39, 0.29) is 5.82 Å². The lowest BCUT2D eigenvalue weighted by Gasteiger charge is -2.33.